The van der Waals surface area contributed by atoms with Gasteiger partial charge in [0.2, 0.25) is 0 Å². The van der Waals surface area contributed by atoms with Crippen molar-refractivity contribution < 1.29 is 9.32 Å². The van der Waals surface area contributed by atoms with Crippen LogP contribution in [-0.2, 0) is 13.0 Å². The third-order valence-electron chi connectivity index (χ3n) is 4.20. The summed E-state index contributed by atoms with van der Waals surface area (Å²) in [6.45, 7) is 3.04. The van der Waals surface area contributed by atoms with Gasteiger partial charge in [0.05, 0.1) is 17.8 Å². The summed E-state index contributed by atoms with van der Waals surface area (Å²) in [6.07, 6.45) is 2.34. The SMILES string of the molecule is Cc1[nH]nc(-c2ccccc2)c1C(=O)N1CCc2nocc2C1. The Balaban J connectivity index is 1.69. The fourth-order valence-corrected chi connectivity index (χ4v) is 2.97. The molecule has 1 aromatic carbocycles. The van der Waals surface area contributed by atoms with Gasteiger partial charge in [-0.25, -0.2) is 0 Å². The number of nitrogens with one attached hydrogen (secondary N) is 1. The number of hydrogen-bond donors (Lipinski definition) is 1. The molecule has 6 nitrogen and oxygen atoms in total. The van der Waals surface area contributed by atoms with Gasteiger partial charge in [0.25, 0.3) is 5.91 Å². The van der Waals surface area contributed by atoms with Crippen LogP contribution >= 0.6 is 0 Å². The zero-order valence-electron chi connectivity index (χ0n) is 12.7. The number of carbonyl (C=O) groups is 1. The van der Waals surface area contributed by atoms with Crippen molar-refractivity contribution in [2.75, 3.05) is 6.54 Å². The lowest BCUT2D eigenvalue weighted by molar-refractivity contribution is 0.0734. The Labute approximate surface area is 133 Å². The van der Waals surface area contributed by atoms with Gasteiger partial charge in [0.15, 0.2) is 0 Å². The normalized spacial score (nSPS) is 13.9. The van der Waals surface area contributed by atoms with Crippen LogP contribution in [0.5, 0.6) is 0 Å². The third kappa shape index (κ3) is 2.32. The maximum Gasteiger partial charge on any atom is 0.258 e. The minimum atomic E-state index is -0.0121. The third-order valence-corrected chi connectivity index (χ3v) is 4.20. The highest BCUT2D eigenvalue weighted by atomic mass is 16.5. The second-order valence-corrected chi connectivity index (χ2v) is 5.70. The molecule has 0 aliphatic carbocycles. The zero-order valence-corrected chi connectivity index (χ0v) is 12.7. The Morgan fingerprint density at radius 3 is 2.96 bits per heavy atom. The van der Waals surface area contributed by atoms with Gasteiger partial charge >= 0.3 is 0 Å². The molecule has 6 heteroatoms. The monoisotopic (exact) mass is 308 g/mol. The average Bonchev–Trinajstić information content (AvgIpc) is 3.20. The van der Waals surface area contributed by atoms with Gasteiger partial charge in [0.1, 0.15) is 12.0 Å². The summed E-state index contributed by atoms with van der Waals surface area (Å²) in [4.78, 5) is 14.8. The van der Waals surface area contributed by atoms with E-state index in [1.54, 1.807) is 6.26 Å². The van der Waals surface area contributed by atoms with Crippen molar-refractivity contribution >= 4 is 5.91 Å². The van der Waals surface area contributed by atoms with Gasteiger partial charge in [-0.15, -0.1) is 0 Å². The summed E-state index contributed by atoms with van der Waals surface area (Å²) >= 11 is 0. The van der Waals surface area contributed by atoms with Gasteiger partial charge in [-0.05, 0) is 6.92 Å². The van der Waals surface area contributed by atoms with Crippen molar-refractivity contribution in [1.29, 1.82) is 0 Å². The van der Waals surface area contributed by atoms with Crippen molar-refractivity contribution in [1.82, 2.24) is 20.3 Å². The summed E-state index contributed by atoms with van der Waals surface area (Å²) in [7, 11) is 0. The van der Waals surface area contributed by atoms with E-state index >= 15 is 0 Å². The minimum Gasteiger partial charge on any atom is -0.364 e. The predicted molar refractivity (Wildman–Crippen MR) is 83.7 cm³/mol. The molecular weight excluding hydrogens is 292 g/mol. The Kier molecular flexibility index (Phi) is 3.22. The lowest BCUT2D eigenvalue weighted by Crippen LogP contribution is -2.36. The quantitative estimate of drug-likeness (QED) is 0.789. The molecular formula is C17H16N4O2. The molecule has 0 unspecified atom stereocenters. The molecule has 3 aromatic rings. The molecule has 0 fully saturated rings. The van der Waals surface area contributed by atoms with Crippen molar-refractivity contribution in [2.24, 2.45) is 0 Å². The largest absolute Gasteiger partial charge is 0.364 e. The highest BCUT2D eigenvalue weighted by Gasteiger charge is 2.28. The summed E-state index contributed by atoms with van der Waals surface area (Å²) < 4.78 is 5.00. The molecule has 0 atom stereocenters. The molecule has 4 rings (SSSR count). The van der Waals surface area contributed by atoms with Gasteiger partial charge in [0, 0.05) is 29.8 Å². The molecule has 1 amide bonds. The molecule has 3 heterocycles. The van der Waals surface area contributed by atoms with Gasteiger partial charge in [-0.3, -0.25) is 9.89 Å². The van der Waals surface area contributed by atoms with E-state index in [1.807, 2.05) is 42.2 Å². The van der Waals surface area contributed by atoms with Crippen molar-refractivity contribution in [3.05, 3.63) is 59.1 Å². The Hall–Kier alpha value is -2.89. The molecule has 0 saturated carbocycles. The fourth-order valence-electron chi connectivity index (χ4n) is 2.97. The Bertz CT molecular complexity index is 851. The Morgan fingerprint density at radius 2 is 2.13 bits per heavy atom. The molecule has 1 N–H and O–H groups in total. The maximum absolute atomic E-state index is 13.0. The number of benzene rings is 1. The Morgan fingerprint density at radius 1 is 1.30 bits per heavy atom. The van der Waals surface area contributed by atoms with Crippen molar-refractivity contribution in [3.8, 4) is 11.3 Å². The predicted octanol–water partition coefficient (Wildman–Crippen LogP) is 2.57. The zero-order chi connectivity index (χ0) is 15.8. The van der Waals surface area contributed by atoms with Crippen LogP contribution in [0.25, 0.3) is 11.3 Å². The first-order valence-electron chi connectivity index (χ1n) is 7.56. The molecule has 0 bridgehead atoms. The summed E-state index contributed by atoms with van der Waals surface area (Å²) in [6, 6.07) is 9.75. The van der Waals surface area contributed by atoms with Crippen molar-refractivity contribution in [2.45, 2.75) is 19.9 Å². The van der Waals surface area contributed by atoms with E-state index in [9.17, 15) is 4.79 Å². The maximum atomic E-state index is 13.0. The number of aryl methyl sites for hydroxylation is 1. The molecule has 0 spiro atoms. The van der Waals surface area contributed by atoms with Gasteiger partial charge in [-0.1, -0.05) is 35.5 Å². The number of nitrogens with zero attached hydrogens (tertiary/aromatic N) is 3. The van der Waals surface area contributed by atoms with E-state index in [0.29, 0.717) is 24.3 Å². The molecule has 0 radical (unpaired) electrons. The number of carbonyl (C=O) groups excluding carboxylic acids is 1. The first-order valence-corrected chi connectivity index (χ1v) is 7.56. The van der Waals surface area contributed by atoms with Crippen LogP contribution < -0.4 is 0 Å². The molecule has 2 aromatic heterocycles. The van der Waals surface area contributed by atoms with E-state index < -0.39 is 0 Å². The summed E-state index contributed by atoms with van der Waals surface area (Å²) in [5, 5.41) is 11.2. The molecule has 1 aliphatic heterocycles. The number of hydrogen-bond acceptors (Lipinski definition) is 4. The first kappa shape index (κ1) is 13.8. The van der Waals surface area contributed by atoms with Gasteiger partial charge < -0.3 is 9.42 Å². The first-order chi connectivity index (χ1) is 11.2. The number of aromatic nitrogens is 3. The molecule has 1 aliphatic rings. The number of H-pyrrole nitrogens is 1. The van der Waals surface area contributed by atoms with Crippen LogP contribution in [0.2, 0.25) is 0 Å². The second kappa shape index (κ2) is 5.39. The van der Waals surface area contributed by atoms with Gasteiger partial charge in [-0.2, -0.15) is 5.10 Å². The minimum absolute atomic E-state index is 0.0121. The second-order valence-electron chi connectivity index (χ2n) is 5.70. The van der Waals surface area contributed by atoms with Crippen LogP contribution in [0.3, 0.4) is 0 Å². The topological polar surface area (TPSA) is 75.0 Å². The van der Waals surface area contributed by atoms with E-state index in [1.165, 1.54) is 0 Å². The average molecular weight is 308 g/mol. The lowest BCUT2D eigenvalue weighted by Gasteiger charge is -2.26. The van der Waals surface area contributed by atoms with Crippen LogP contribution in [0.15, 0.2) is 41.1 Å². The smallest absolute Gasteiger partial charge is 0.258 e. The number of rotatable bonds is 2. The van der Waals surface area contributed by atoms with E-state index in [0.717, 1.165) is 28.9 Å². The van der Waals surface area contributed by atoms with E-state index in [2.05, 4.69) is 15.4 Å². The fraction of sp³-hybridized carbons (Fsp3) is 0.235. The van der Waals surface area contributed by atoms with Crippen molar-refractivity contribution in [3.63, 3.8) is 0 Å². The standard InChI is InChI=1S/C17H16N4O2/c1-11-15(16(19-18-11)12-5-3-2-4-6-12)17(22)21-8-7-14-13(9-21)10-23-20-14/h2-6,10H,7-9H2,1H3,(H,18,19). The molecule has 23 heavy (non-hydrogen) atoms. The number of aromatic amines is 1. The molecule has 116 valence electrons. The van der Waals surface area contributed by atoms with Crippen LogP contribution in [0.4, 0.5) is 0 Å². The van der Waals surface area contributed by atoms with Crippen LogP contribution in [0, 0.1) is 6.92 Å². The van der Waals surface area contributed by atoms with E-state index in [-0.39, 0.29) is 5.91 Å². The summed E-state index contributed by atoms with van der Waals surface area (Å²) in [5.41, 5.74) is 4.97. The van der Waals surface area contributed by atoms with Crippen LogP contribution in [-0.4, -0.2) is 32.7 Å². The lowest BCUT2D eigenvalue weighted by atomic mass is 10.0. The molecule has 0 saturated heterocycles. The number of fused-ring (bicyclic) bond motifs is 1. The number of amides is 1. The highest BCUT2D eigenvalue weighted by Crippen LogP contribution is 2.27. The van der Waals surface area contributed by atoms with Crippen LogP contribution in [0.1, 0.15) is 27.3 Å². The van der Waals surface area contributed by atoms with E-state index in [4.69, 9.17) is 4.52 Å². The summed E-state index contributed by atoms with van der Waals surface area (Å²) in [5.74, 6) is -0.0121. The highest BCUT2D eigenvalue weighted by molar-refractivity contribution is 6.01.